The smallest absolute Gasteiger partial charge is 0.336 e. The molecule has 0 unspecified atom stereocenters. The van der Waals surface area contributed by atoms with E-state index in [1.165, 1.54) is 0 Å². The fourth-order valence-corrected chi connectivity index (χ4v) is 4.81. The normalized spacial score (nSPS) is 16.1. The van der Waals surface area contributed by atoms with E-state index in [0.717, 1.165) is 22.4 Å². The van der Waals surface area contributed by atoms with Crippen LogP contribution in [0.3, 0.4) is 0 Å². The van der Waals surface area contributed by atoms with Crippen molar-refractivity contribution >= 4 is 17.4 Å². The van der Waals surface area contributed by atoms with Gasteiger partial charge in [-0.3, -0.25) is 4.79 Å². The minimum Gasteiger partial charge on any atom is -0.489 e. The Morgan fingerprint density at radius 3 is 2.42 bits per heavy atom. The summed E-state index contributed by atoms with van der Waals surface area (Å²) < 4.78 is 11.3. The Bertz CT molecular complexity index is 1480. The minimum atomic E-state index is -0.575. The van der Waals surface area contributed by atoms with Crippen molar-refractivity contribution in [3.63, 3.8) is 0 Å². The Labute approximate surface area is 209 Å². The van der Waals surface area contributed by atoms with Crippen LogP contribution in [0, 0.1) is 11.3 Å². The first-order valence-electron chi connectivity index (χ1n) is 11.8. The quantitative estimate of drug-likeness (QED) is 0.488. The molecule has 5 rings (SSSR count). The molecule has 36 heavy (non-hydrogen) atoms. The van der Waals surface area contributed by atoms with E-state index in [0.29, 0.717) is 33.7 Å². The third-order valence-electron chi connectivity index (χ3n) is 6.49. The molecule has 3 aromatic carbocycles. The van der Waals surface area contributed by atoms with Gasteiger partial charge in [-0.1, -0.05) is 54.6 Å². The Kier molecular flexibility index (Phi) is 6.14. The summed E-state index contributed by atoms with van der Waals surface area (Å²) >= 11 is 0. The van der Waals surface area contributed by atoms with Gasteiger partial charge < -0.3 is 14.8 Å². The van der Waals surface area contributed by atoms with Crippen molar-refractivity contribution in [1.82, 2.24) is 5.32 Å². The van der Waals surface area contributed by atoms with Crippen LogP contribution in [0.1, 0.15) is 52.4 Å². The Morgan fingerprint density at radius 2 is 1.69 bits per heavy atom. The van der Waals surface area contributed by atoms with Gasteiger partial charge in [-0.05, 0) is 37.6 Å². The van der Waals surface area contributed by atoms with Crippen LogP contribution in [0.4, 0.5) is 0 Å². The fraction of sp³-hybridized carbons (Fsp3) is 0.167. The molecule has 0 amide bonds. The zero-order chi connectivity index (χ0) is 25.2. The van der Waals surface area contributed by atoms with Crippen LogP contribution < -0.4 is 10.1 Å². The molecule has 1 heterocycles. The lowest BCUT2D eigenvalue weighted by Crippen LogP contribution is -2.29. The number of dihydropyridines is 1. The number of fused-ring (bicyclic) bond motifs is 2. The number of Topliss-reactive ketones (excluding diaryl/α,β-unsaturated/α-hetero) is 1. The highest BCUT2D eigenvalue weighted by Gasteiger charge is 2.42. The number of hydrogen-bond donors (Lipinski definition) is 1. The molecule has 1 atom stereocenters. The maximum atomic E-state index is 13.5. The fourth-order valence-electron chi connectivity index (χ4n) is 4.81. The van der Waals surface area contributed by atoms with Crippen LogP contribution in [0.5, 0.6) is 5.75 Å². The van der Waals surface area contributed by atoms with Gasteiger partial charge in [-0.15, -0.1) is 0 Å². The molecule has 3 aromatic rings. The van der Waals surface area contributed by atoms with Crippen LogP contribution in [0.2, 0.25) is 0 Å². The number of carbonyl (C=O) groups excluding carboxylic acids is 2. The number of nitrogens with one attached hydrogen (secondary N) is 1. The molecule has 0 fully saturated rings. The van der Waals surface area contributed by atoms with Crippen molar-refractivity contribution in [3.8, 4) is 11.8 Å². The third-order valence-corrected chi connectivity index (χ3v) is 6.49. The number of esters is 1. The van der Waals surface area contributed by atoms with E-state index in [1.54, 1.807) is 13.0 Å². The van der Waals surface area contributed by atoms with Crippen molar-refractivity contribution in [2.75, 3.05) is 6.61 Å². The Balaban J connectivity index is 1.50. The number of rotatable bonds is 6. The van der Waals surface area contributed by atoms with Gasteiger partial charge in [0.15, 0.2) is 5.78 Å². The standard InChI is InChI=1S/C30H24N2O4/c1-3-35-30(34)25-18(2)32-28-23-10-6-7-11-24(23)29(33)27(28)26(25)19-12-14-22(15-13-19)36-17-21-9-5-4-8-20(21)16-31/h4-15,26,32H,3,17H2,1-2H3/t26-/m0/s1. The van der Waals surface area contributed by atoms with Crippen molar-refractivity contribution in [2.24, 2.45) is 0 Å². The van der Waals surface area contributed by atoms with E-state index in [-0.39, 0.29) is 19.0 Å². The highest BCUT2D eigenvalue weighted by atomic mass is 16.5. The van der Waals surface area contributed by atoms with Gasteiger partial charge in [0, 0.05) is 33.9 Å². The van der Waals surface area contributed by atoms with Crippen LogP contribution in [0.15, 0.2) is 89.6 Å². The lowest BCUT2D eigenvalue weighted by Gasteiger charge is -2.29. The van der Waals surface area contributed by atoms with Crippen molar-refractivity contribution in [1.29, 1.82) is 5.26 Å². The summed E-state index contributed by atoms with van der Waals surface area (Å²) in [6.45, 7) is 4.08. The molecule has 0 bridgehead atoms. The molecule has 1 N–H and O–H groups in total. The second kappa shape index (κ2) is 9.55. The van der Waals surface area contributed by atoms with E-state index in [2.05, 4.69) is 11.4 Å². The first kappa shape index (κ1) is 23.1. The molecule has 178 valence electrons. The van der Waals surface area contributed by atoms with E-state index >= 15 is 0 Å². The topological polar surface area (TPSA) is 88.4 Å². The van der Waals surface area contributed by atoms with Gasteiger partial charge in [-0.25, -0.2) is 4.79 Å². The number of nitriles is 1. The average Bonchev–Trinajstić information content (AvgIpc) is 3.18. The average molecular weight is 477 g/mol. The second-order valence-corrected chi connectivity index (χ2v) is 8.61. The van der Waals surface area contributed by atoms with Gasteiger partial charge in [0.25, 0.3) is 0 Å². The predicted molar refractivity (Wildman–Crippen MR) is 135 cm³/mol. The van der Waals surface area contributed by atoms with Crippen LogP contribution >= 0.6 is 0 Å². The van der Waals surface area contributed by atoms with E-state index in [1.807, 2.05) is 73.7 Å². The number of hydrogen-bond acceptors (Lipinski definition) is 6. The van der Waals surface area contributed by atoms with Gasteiger partial charge >= 0.3 is 5.97 Å². The zero-order valence-electron chi connectivity index (χ0n) is 20.0. The molecular weight excluding hydrogens is 452 g/mol. The lowest BCUT2D eigenvalue weighted by atomic mass is 9.80. The number of ketones is 1. The summed E-state index contributed by atoms with van der Waals surface area (Å²) in [6.07, 6.45) is 0. The molecule has 1 aliphatic heterocycles. The molecule has 0 saturated heterocycles. The summed E-state index contributed by atoms with van der Waals surface area (Å²) in [5.74, 6) is -0.500. The van der Waals surface area contributed by atoms with Crippen LogP contribution in [-0.2, 0) is 16.1 Å². The van der Waals surface area contributed by atoms with Crippen molar-refractivity contribution in [2.45, 2.75) is 26.4 Å². The molecule has 0 spiro atoms. The Morgan fingerprint density at radius 1 is 1.00 bits per heavy atom. The van der Waals surface area contributed by atoms with E-state index in [9.17, 15) is 14.9 Å². The van der Waals surface area contributed by atoms with Gasteiger partial charge in [0.1, 0.15) is 12.4 Å². The summed E-state index contributed by atoms with van der Waals surface area (Å²) in [7, 11) is 0. The number of nitrogens with zero attached hydrogens (tertiary/aromatic N) is 1. The summed E-state index contributed by atoms with van der Waals surface area (Å²) in [4.78, 5) is 26.6. The molecule has 0 radical (unpaired) electrons. The maximum Gasteiger partial charge on any atom is 0.336 e. The van der Waals surface area contributed by atoms with Crippen molar-refractivity contribution in [3.05, 3.63) is 117 Å². The largest absolute Gasteiger partial charge is 0.489 e. The SMILES string of the molecule is CCOC(=O)C1=C(C)NC2=C(C(=O)c3ccccc32)[C@H]1c1ccc(OCc2ccccc2C#N)cc1. The summed E-state index contributed by atoms with van der Waals surface area (Å²) in [5, 5.41) is 12.6. The Hall–Kier alpha value is -4.63. The highest BCUT2D eigenvalue weighted by molar-refractivity contribution is 6.23. The number of ether oxygens (including phenoxy) is 2. The van der Waals surface area contributed by atoms with Gasteiger partial charge in [0.2, 0.25) is 0 Å². The van der Waals surface area contributed by atoms with E-state index in [4.69, 9.17) is 9.47 Å². The summed E-state index contributed by atoms with van der Waals surface area (Å²) in [6, 6.07) is 24.3. The molecule has 1 aliphatic carbocycles. The van der Waals surface area contributed by atoms with Gasteiger partial charge in [0.05, 0.1) is 29.5 Å². The number of benzene rings is 3. The predicted octanol–water partition coefficient (Wildman–Crippen LogP) is 5.27. The third kappa shape index (κ3) is 3.95. The van der Waals surface area contributed by atoms with Crippen LogP contribution in [0.25, 0.3) is 5.70 Å². The highest BCUT2D eigenvalue weighted by Crippen LogP contribution is 2.46. The lowest BCUT2D eigenvalue weighted by molar-refractivity contribution is -0.138. The van der Waals surface area contributed by atoms with E-state index < -0.39 is 11.9 Å². The second-order valence-electron chi connectivity index (χ2n) is 8.61. The molecule has 6 heteroatoms. The summed E-state index contributed by atoms with van der Waals surface area (Å²) in [5.41, 5.74) is 5.98. The first-order valence-corrected chi connectivity index (χ1v) is 11.8. The minimum absolute atomic E-state index is 0.0964. The van der Waals surface area contributed by atoms with Crippen LogP contribution in [-0.4, -0.2) is 18.4 Å². The zero-order valence-corrected chi connectivity index (χ0v) is 20.0. The molecule has 6 nitrogen and oxygen atoms in total. The number of carbonyl (C=O) groups is 2. The maximum absolute atomic E-state index is 13.5. The van der Waals surface area contributed by atoms with Gasteiger partial charge in [-0.2, -0.15) is 5.26 Å². The molecule has 0 saturated carbocycles. The monoisotopic (exact) mass is 476 g/mol. The molecular formula is C30H24N2O4. The first-order chi connectivity index (χ1) is 17.5. The molecule has 0 aromatic heterocycles. The van der Waals surface area contributed by atoms with Crippen molar-refractivity contribution < 1.29 is 19.1 Å². The number of allylic oxidation sites excluding steroid dienone is 2. The molecule has 2 aliphatic rings.